The van der Waals surface area contributed by atoms with Crippen LogP contribution in [0.2, 0.25) is 5.02 Å². The van der Waals surface area contributed by atoms with Crippen molar-refractivity contribution in [3.05, 3.63) is 29.3 Å². The van der Waals surface area contributed by atoms with Crippen LogP contribution in [0, 0.1) is 11.8 Å². The Morgan fingerprint density at radius 1 is 1.27 bits per heavy atom. The maximum absolute atomic E-state index is 12.4. The van der Waals surface area contributed by atoms with E-state index in [4.69, 9.17) is 11.6 Å². The Hall–Kier alpha value is -1.53. The van der Waals surface area contributed by atoms with Gasteiger partial charge in [-0.15, -0.1) is 10.2 Å². The highest BCUT2D eigenvalue weighted by molar-refractivity contribution is 7.99. The van der Waals surface area contributed by atoms with E-state index in [0.29, 0.717) is 22.6 Å². The van der Waals surface area contributed by atoms with Gasteiger partial charge in [-0.05, 0) is 42.5 Å². The van der Waals surface area contributed by atoms with Gasteiger partial charge in [-0.1, -0.05) is 50.1 Å². The van der Waals surface area contributed by atoms with Gasteiger partial charge in [0, 0.05) is 23.7 Å². The molecule has 1 aromatic carbocycles. The second-order valence-electron chi connectivity index (χ2n) is 7.10. The van der Waals surface area contributed by atoms with Crippen LogP contribution in [-0.2, 0) is 11.8 Å². The SMILES string of the molecule is C[C@H]1[C@H](C)CCC[C@H]1NC(=O)CSc1nnc(-c2ccc(Cl)cc2)n1C. The minimum Gasteiger partial charge on any atom is -0.352 e. The second kappa shape index (κ2) is 8.44. The van der Waals surface area contributed by atoms with Gasteiger partial charge in [0.15, 0.2) is 11.0 Å². The van der Waals surface area contributed by atoms with E-state index < -0.39 is 0 Å². The minimum atomic E-state index is 0.0667. The van der Waals surface area contributed by atoms with Crippen molar-refractivity contribution in [2.24, 2.45) is 18.9 Å². The molecule has 1 aliphatic rings. The van der Waals surface area contributed by atoms with Gasteiger partial charge in [0.2, 0.25) is 5.91 Å². The number of nitrogens with zero attached hydrogens (tertiary/aromatic N) is 3. The van der Waals surface area contributed by atoms with Gasteiger partial charge in [0.1, 0.15) is 0 Å². The molecular formula is C19H25ClN4OS. The van der Waals surface area contributed by atoms with Crippen molar-refractivity contribution in [3.8, 4) is 11.4 Å². The molecule has 140 valence electrons. The summed E-state index contributed by atoms with van der Waals surface area (Å²) in [6.45, 7) is 4.51. The monoisotopic (exact) mass is 392 g/mol. The quantitative estimate of drug-likeness (QED) is 0.776. The Morgan fingerprint density at radius 3 is 2.73 bits per heavy atom. The Bertz CT molecular complexity index is 761. The standard InChI is InChI=1S/C19H25ClN4OS/c1-12-5-4-6-16(13(12)2)21-17(25)11-26-19-23-22-18(24(19)3)14-7-9-15(20)10-8-14/h7-10,12-13,16H,4-6,11H2,1-3H3,(H,21,25)/t12-,13+,16-/m1/s1. The summed E-state index contributed by atoms with van der Waals surface area (Å²) in [7, 11) is 1.91. The molecule has 1 saturated carbocycles. The minimum absolute atomic E-state index is 0.0667. The van der Waals surface area contributed by atoms with Crippen LogP contribution in [0.3, 0.4) is 0 Å². The first-order valence-electron chi connectivity index (χ1n) is 9.03. The Morgan fingerprint density at radius 2 is 2.00 bits per heavy atom. The van der Waals surface area contributed by atoms with Gasteiger partial charge in [-0.2, -0.15) is 0 Å². The Kier molecular flexibility index (Phi) is 6.24. The summed E-state index contributed by atoms with van der Waals surface area (Å²) < 4.78 is 1.91. The molecule has 3 rings (SSSR count). The van der Waals surface area contributed by atoms with Crippen molar-refractivity contribution in [1.29, 1.82) is 0 Å². The molecule has 1 heterocycles. The van der Waals surface area contributed by atoms with E-state index in [-0.39, 0.29) is 11.9 Å². The summed E-state index contributed by atoms with van der Waals surface area (Å²) in [6.07, 6.45) is 3.53. The number of hydrogen-bond donors (Lipinski definition) is 1. The van der Waals surface area contributed by atoms with E-state index in [9.17, 15) is 4.79 Å². The zero-order chi connectivity index (χ0) is 18.7. The fraction of sp³-hybridized carbons (Fsp3) is 0.526. The van der Waals surface area contributed by atoms with Gasteiger partial charge in [-0.3, -0.25) is 4.79 Å². The molecule has 1 N–H and O–H groups in total. The molecule has 0 bridgehead atoms. The summed E-state index contributed by atoms with van der Waals surface area (Å²) in [5, 5.41) is 13.1. The van der Waals surface area contributed by atoms with Crippen LogP contribution >= 0.6 is 23.4 Å². The number of halogens is 1. The van der Waals surface area contributed by atoms with Gasteiger partial charge in [-0.25, -0.2) is 0 Å². The van der Waals surface area contributed by atoms with Crippen molar-refractivity contribution in [2.75, 3.05) is 5.75 Å². The second-order valence-corrected chi connectivity index (χ2v) is 8.48. The lowest BCUT2D eigenvalue weighted by Crippen LogP contribution is -2.44. The fourth-order valence-corrected chi connectivity index (χ4v) is 4.30. The Labute approximate surface area is 163 Å². The van der Waals surface area contributed by atoms with E-state index >= 15 is 0 Å². The highest BCUT2D eigenvalue weighted by atomic mass is 35.5. The van der Waals surface area contributed by atoms with Gasteiger partial charge < -0.3 is 9.88 Å². The van der Waals surface area contributed by atoms with E-state index in [1.807, 2.05) is 35.9 Å². The van der Waals surface area contributed by atoms with E-state index in [2.05, 4.69) is 29.4 Å². The molecule has 3 atom stereocenters. The number of aromatic nitrogens is 3. The normalized spacial score (nSPS) is 23.0. The smallest absolute Gasteiger partial charge is 0.230 e. The molecule has 1 amide bonds. The average molecular weight is 393 g/mol. The van der Waals surface area contributed by atoms with Crippen LogP contribution in [0.4, 0.5) is 0 Å². The molecule has 2 aromatic rings. The molecular weight excluding hydrogens is 368 g/mol. The van der Waals surface area contributed by atoms with Crippen LogP contribution in [0.25, 0.3) is 11.4 Å². The number of carbonyl (C=O) groups excluding carboxylic acids is 1. The van der Waals surface area contributed by atoms with Gasteiger partial charge >= 0.3 is 0 Å². The maximum Gasteiger partial charge on any atom is 0.230 e. The fourth-order valence-electron chi connectivity index (χ4n) is 3.46. The van der Waals surface area contributed by atoms with E-state index in [1.54, 1.807) is 0 Å². The molecule has 0 saturated heterocycles. The van der Waals surface area contributed by atoms with Crippen molar-refractivity contribution < 1.29 is 4.79 Å². The third kappa shape index (κ3) is 4.41. The number of hydrogen-bond acceptors (Lipinski definition) is 4. The molecule has 0 aliphatic heterocycles. The summed E-state index contributed by atoms with van der Waals surface area (Å²) in [4.78, 5) is 12.4. The lowest BCUT2D eigenvalue weighted by molar-refractivity contribution is -0.120. The highest BCUT2D eigenvalue weighted by Crippen LogP contribution is 2.30. The Balaban J connectivity index is 1.58. The first-order valence-corrected chi connectivity index (χ1v) is 10.4. The largest absolute Gasteiger partial charge is 0.352 e. The van der Waals surface area contributed by atoms with Crippen LogP contribution in [0.15, 0.2) is 29.4 Å². The van der Waals surface area contributed by atoms with Crippen LogP contribution < -0.4 is 5.32 Å². The molecule has 0 radical (unpaired) electrons. The summed E-state index contributed by atoms with van der Waals surface area (Å²) in [5.74, 6) is 2.38. The molecule has 0 unspecified atom stereocenters. The molecule has 1 aliphatic carbocycles. The van der Waals surface area contributed by atoms with Crippen molar-refractivity contribution in [2.45, 2.75) is 44.3 Å². The molecule has 26 heavy (non-hydrogen) atoms. The van der Waals surface area contributed by atoms with Crippen LogP contribution in [0.5, 0.6) is 0 Å². The molecule has 1 aromatic heterocycles. The topological polar surface area (TPSA) is 59.8 Å². The first-order chi connectivity index (χ1) is 12.5. The van der Waals surface area contributed by atoms with E-state index in [1.165, 1.54) is 24.6 Å². The molecule has 5 nitrogen and oxygen atoms in total. The zero-order valence-electron chi connectivity index (χ0n) is 15.4. The molecule has 0 spiro atoms. The van der Waals surface area contributed by atoms with Crippen LogP contribution in [0.1, 0.15) is 33.1 Å². The number of rotatable bonds is 5. The van der Waals surface area contributed by atoms with E-state index in [0.717, 1.165) is 23.0 Å². The van der Waals surface area contributed by atoms with Crippen molar-refractivity contribution >= 4 is 29.3 Å². The highest BCUT2D eigenvalue weighted by Gasteiger charge is 2.28. The van der Waals surface area contributed by atoms with Gasteiger partial charge in [0.25, 0.3) is 0 Å². The van der Waals surface area contributed by atoms with Gasteiger partial charge in [0.05, 0.1) is 5.75 Å². The summed E-state index contributed by atoms with van der Waals surface area (Å²) >= 11 is 7.35. The summed E-state index contributed by atoms with van der Waals surface area (Å²) in [5.41, 5.74) is 0.950. The van der Waals surface area contributed by atoms with Crippen molar-refractivity contribution in [1.82, 2.24) is 20.1 Å². The number of nitrogens with one attached hydrogen (secondary N) is 1. The maximum atomic E-state index is 12.4. The third-order valence-electron chi connectivity index (χ3n) is 5.32. The van der Waals surface area contributed by atoms with Crippen LogP contribution in [-0.4, -0.2) is 32.5 Å². The average Bonchev–Trinajstić information content (AvgIpc) is 2.99. The lowest BCUT2D eigenvalue weighted by Gasteiger charge is -2.34. The van der Waals surface area contributed by atoms with Crippen molar-refractivity contribution in [3.63, 3.8) is 0 Å². The zero-order valence-corrected chi connectivity index (χ0v) is 17.0. The summed E-state index contributed by atoms with van der Waals surface area (Å²) in [6, 6.07) is 7.78. The number of amides is 1. The predicted octanol–water partition coefficient (Wildman–Crippen LogP) is 4.17. The first kappa shape index (κ1) is 19.2. The molecule has 1 fully saturated rings. The number of thioether (sulfide) groups is 1. The lowest BCUT2D eigenvalue weighted by atomic mass is 9.78. The third-order valence-corrected chi connectivity index (χ3v) is 6.60. The number of carbonyl (C=O) groups is 1. The number of benzene rings is 1. The molecule has 7 heteroatoms. The predicted molar refractivity (Wildman–Crippen MR) is 106 cm³/mol.